The predicted octanol–water partition coefficient (Wildman–Crippen LogP) is 1.34. The largest absolute Gasteiger partial charge is 0.456 e. The van der Waals surface area contributed by atoms with Crippen LogP contribution in [0, 0.1) is 0 Å². The molecule has 0 bridgehead atoms. The van der Waals surface area contributed by atoms with Gasteiger partial charge in [-0.2, -0.15) is 0 Å². The Balaban J connectivity index is 2.14. The third kappa shape index (κ3) is 1.66. The summed E-state index contributed by atoms with van der Waals surface area (Å²) in [7, 11) is 0. The maximum absolute atomic E-state index is 10.3. The molecule has 0 saturated carbocycles. The average Bonchev–Trinajstić information content (AvgIpc) is 2.76. The van der Waals surface area contributed by atoms with E-state index in [4.69, 9.17) is 4.42 Å². The molecule has 4 nitrogen and oxygen atoms in total. The molecule has 66 valence electrons. The lowest BCUT2D eigenvalue weighted by Gasteiger charge is -1.96. The quantitative estimate of drug-likeness (QED) is 0.663. The number of aromatic nitrogens is 2. The average molecular weight is 176 g/mol. The second-order valence-electron chi connectivity index (χ2n) is 2.66. The highest BCUT2D eigenvalue weighted by molar-refractivity contribution is 5.70. The maximum Gasteiger partial charge on any atom is 0.185 e. The number of imidazole rings is 1. The van der Waals surface area contributed by atoms with Gasteiger partial charge in [-0.15, -0.1) is 0 Å². The molecule has 0 amide bonds. The summed E-state index contributed by atoms with van der Waals surface area (Å²) in [5, 5.41) is 0. The Hall–Kier alpha value is -1.84. The zero-order valence-corrected chi connectivity index (χ0v) is 6.88. The van der Waals surface area contributed by atoms with Crippen LogP contribution in [0.4, 0.5) is 0 Å². The van der Waals surface area contributed by atoms with Crippen molar-refractivity contribution in [3.63, 3.8) is 0 Å². The zero-order valence-electron chi connectivity index (χ0n) is 6.88. The Morgan fingerprint density at radius 1 is 1.54 bits per heavy atom. The molecular formula is C9H8N2O2. The standard InChI is InChI=1S/C9H8N2O2/c12-6-9-2-1-8(13-9)5-11-4-3-10-7-11/h1-4,6-7H,5H2. The van der Waals surface area contributed by atoms with Crippen molar-refractivity contribution >= 4 is 6.29 Å². The molecule has 0 aliphatic carbocycles. The van der Waals surface area contributed by atoms with E-state index in [9.17, 15) is 4.79 Å². The first-order valence-corrected chi connectivity index (χ1v) is 3.88. The minimum atomic E-state index is 0.357. The van der Waals surface area contributed by atoms with Crippen LogP contribution in [0.1, 0.15) is 16.3 Å². The van der Waals surface area contributed by atoms with Crippen molar-refractivity contribution in [1.82, 2.24) is 9.55 Å². The van der Waals surface area contributed by atoms with Crippen molar-refractivity contribution in [2.45, 2.75) is 6.54 Å². The van der Waals surface area contributed by atoms with Gasteiger partial charge in [0, 0.05) is 12.4 Å². The Labute approximate surface area is 74.8 Å². The molecule has 2 rings (SSSR count). The topological polar surface area (TPSA) is 48.0 Å². The minimum absolute atomic E-state index is 0.357. The molecule has 0 atom stereocenters. The molecule has 0 radical (unpaired) electrons. The predicted molar refractivity (Wildman–Crippen MR) is 45.4 cm³/mol. The van der Waals surface area contributed by atoms with E-state index in [1.165, 1.54) is 0 Å². The van der Waals surface area contributed by atoms with Gasteiger partial charge in [-0.05, 0) is 12.1 Å². The van der Waals surface area contributed by atoms with Crippen LogP contribution < -0.4 is 0 Å². The SMILES string of the molecule is O=Cc1ccc(Cn2ccnc2)o1. The second-order valence-corrected chi connectivity index (χ2v) is 2.66. The fraction of sp³-hybridized carbons (Fsp3) is 0.111. The highest BCUT2D eigenvalue weighted by Gasteiger charge is 2.00. The van der Waals surface area contributed by atoms with Crippen LogP contribution in [-0.4, -0.2) is 15.8 Å². The monoisotopic (exact) mass is 176 g/mol. The summed E-state index contributed by atoms with van der Waals surface area (Å²) in [4.78, 5) is 14.2. The third-order valence-corrected chi connectivity index (χ3v) is 1.70. The van der Waals surface area contributed by atoms with E-state index in [2.05, 4.69) is 4.98 Å². The lowest BCUT2D eigenvalue weighted by molar-refractivity contribution is 0.109. The van der Waals surface area contributed by atoms with Crippen molar-refractivity contribution in [3.05, 3.63) is 42.4 Å². The smallest absolute Gasteiger partial charge is 0.185 e. The third-order valence-electron chi connectivity index (χ3n) is 1.70. The molecule has 0 unspecified atom stereocenters. The molecule has 0 N–H and O–H groups in total. The van der Waals surface area contributed by atoms with Crippen LogP contribution in [-0.2, 0) is 6.54 Å². The van der Waals surface area contributed by atoms with Gasteiger partial charge < -0.3 is 8.98 Å². The van der Waals surface area contributed by atoms with Crippen LogP contribution in [0.2, 0.25) is 0 Å². The Kier molecular flexibility index (Phi) is 1.96. The van der Waals surface area contributed by atoms with E-state index in [0.717, 1.165) is 5.76 Å². The fourth-order valence-corrected chi connectivity index (χ4v) is 1.10. The summed E-state index contributed by atoms with van der Waals surface area (Å²) >= 11 is 0. The van der Waals surface area contributed by atoms with E-state index < -0.39 is 0 Å². The van der Waals surface area contributed by atoms with Crippen molar-refractivity contribution in [1.29, 1.82) is 0 Å². The van der Waals surface area contributed by atoms with Crippen LogP contribution in [0.3, 0.4) is 0 Å². The number of rotatable bonds is 3. The highest BCUT2D eigenvalue weighted by atomic mass is 16.3. The van der Waals surface area contributed by atoms with Gasteiger partial charge in [0.2, 0.25) is 0 Å². The molecule has 13 heavy (non-hydrogen) atoms. The van der Waals surface area contributed by atoms with Gasteiger partial charge in [0.05, 0.1) is 12.9 Å². The minimum Gasteiger partial charge on any atom is -0.456 e. The van der Waals surface area contributed by atoms with Gasteiger partial charge in [0.15, 0.2) is 12.0 Å². The molecule has 2 aromatic rings. The molecule has 2 heterocycles. The first-order valence-electron chi connectivity index (χ1n) is 3.88. The van der Waals surface area contributed by atoms with Gasteiger partial charge in [-0.25, -0.2) is 4.98 Å². The summed E-state index contributed by atoms with van der Waals surface area (Å²) in [6, 6.07) is 3.43. The van der Waals surface area contributed by atoms with Crippen molar-refractivity contribution in [2.24, 2.45) is 0 Å². The lowest BCUT2D eigenvalue weighted by atomic mass is 10.4. The Morgan fingerprint density at radius 2 is 2.46 bits per heavy atom. The van der Waals surface area contributed by atoms with Crippen LogP contribution in [0.5, 0.6) is 0 Å². The molecule has 4 heteroatoms. The molecule has 0 spiro atoms. The van der Waals surface area contributed by atoms with Gasteiger partial charge in [0.25, 0.3) is 0 Å². The van der Waals surface area contributed by atoms with Crippen LogP contribution in [0.15, 0.2) is 35.3 Å². The van der Waals surface area contributed by atoms with Gasteiger partial charge >= 0.3 is 0 Å². The summed E-state index contributed by atoms with van der Waals surface area (Å²) < 4.78 is 7.06. The van der Waals surface area contributed by atoms with Crippen molar-refractivity contribution < 1.29 is 9.21 Å². The Morgan fingerprint density at radius 3 is 3.08 bits per heavy atom. The van der Waals surface area contributed by atoms with Gasteiger partial charge in [-0.3, -0.25) is 4.79 Å². The normalized spacial score (nSPS) is 10.2. The first-order chi connectivity index (χ1) is 6.38. The number of hydrogen-bond acceptors (Lipinski definition) is 3. The first kappa shape index (κ1) is 7.79. The van der Waals surface area contributed by atoms with Crippen molar-refractivity contribution in [2.75, 3.05) is 0 Å². The van der Waals surface area contributed by atoms with E-state index in [1.807, 2.05) is 10.8 Å². The molecule has 2 aromatic heterocycles. The number of hydrogen-bond donors (Lipinski definition) is 0. The number of carbonyl (C=O) groups excluding carboxylic acids is 1. The van der Waals surface area contributed by atoms with Gasteiger partial charge in [0.1, 0.15) is 5.76 Å². The fourth-order valence-electron chi connectivity index (χ4n) is 1.10. The maximum atomic E-state index is 10.3. The number of aldehydes is 1. The summed E-state index contributed by atoms with van der Waals surface area (Å²) in [6.45, 7) is 0.605. The Bertz CT molecular complexity index is 389. The second kappa shape index (κ2) is 3.26. The molecule has 0 fully saturated rings. The summed E-state index contributed by atoms with van der Waals surface area (Å²) in [5.41, 5.74) is 0. The van der Waals surface area contributed by atoms with E-state index in [1.54, 1.807) is 24.7 Å². The van der Waals surface area contributed by atoms with E-state index in [0.29, 0.717) is 18.6 Å². The molecule has 0 aliphatic heterocycles. The number of nitrogens with zero attached hydrogens (tertiary/aromatic N) is 2. The van der Waals surface area contributed by atoms with Crippen LogP contribution in [0.25, 0.3) is 0 Å². The molecule has 0 saturated heterocycles. The number of carbonyl (C=O) groups is 1. The summed E-state index contributed by atoms with van der Waals surface area (Å²) in [6.07, 6.45) is 5.92. The lowest BCUT2D eigenvalue weighted by Crippen LogP contribution is -1.93. The number of furan rings is 1. The van der Waals surface area contributed by atoms with Gasteiger partial charge in [-0.1, -0.05) is 0 Å². The highest BCUT2D eigenvalue weighted by Crippen LogP contribution is 2.07. The van der Waals surface area contributed by atoms with Crippen molar-refractivity contribution in [3.8, 4) is 0 Å². The van der Waals surface area contributed by atoms with E-state index in [-0.39, 0.29) is 0 Å². The zero-order chi connectivity index (χ0) is 9.10. The van der Waals surface area contributed by atoms with E-state index >= 15 is 0 Å². The molecule has 0 aromatic carbocycles. The summed E-state index contributed by atoms with van der Waals surface area (Å²) in [5.74, 6) is 1.11. The molecular weight excluding hydrogens is 168 g/mol. The van der Waals surface area contributed by atoms with Crippen LogP contribution >= 0.6 is 0 Å². The molecule has 0 aliphatic rings.